The number of aromatic nitrogens is 1. The van der Waals surface area contributed by atoms with E-state index in [2.05, 4.69) is 29.5 Å². The quantitative estimate of drug-likeness (QED) is 0.512. The summed E-state index contributed by atoms with van der Waals surface area (Å²) < 4.78 is 6.47. The third kappa shape index (κ3) is 4.41. The van der Waals surface area contributed by atoms with Gasteiger partial charge in [0.05, 0.1) is 17.9 Å². The molecule has 1 spiro atoms. The van der Waals surface area contributed by atoms with E-state index in [1.807, 2.05) is 31.2 Å². The Hall–Kier alpha value is -3.23. The summed E-state index contributed by atoms with van der Waals surface area (Å²) in [6.45, 7) is 6.49. The number of amides is 3. The van der Waals surface area contributed by atoms with Crippen LogP contribution in [0, 0.1) is 30.6 Å². The molecule has 1 saturated carbocycles. The van der Waals surface area contributed by atoms with E-state index in [-0.39, 0.29) is 30.3 Å². The minimum atomic E-state index is -1.22. The largest absolute Gasteiger partial charge is 0.359 e. The number of aryl methyl sites for hydroxylation is 1. The molecule has 2 N–H and O–H groups in total. The predicted octanol–water partition coefficient (Wildman–Crippen LogP) is 4.27. The zero-order valence-corrected chi connectivity index (χ0v) is 23.7. The van der Waals surface area contributed by atoms with Crippen molar-refractivity contribution in [1.29, 1.82) is 0 Å². The predicted molar refractivity (Wildman–Crippen MR) is 151 cm³/mol. The van der Waals surface area contributed by atoms with Crippen LogP contribution in [-0.4, -0.2) is 51.4 Å². The maximum Gasteiger partial charge on any atom is 0.246 e. The number of carbonyl (C=O) groups is 3. The third-order valence-corrected chi connectivity index (χ3v) is 9.88. The van der Waals surface area contributed by atoms with Crippen LogP contribution in [0.15, 0.2) is 54.9 Å². The van der Waals surface area contributed by atoms with Gasteiger partial charge in [0.2, 0.25) is 17.7 Å². The van der Waals surface area contributed by atoms with Crippen molar-refractivity contribution >= 4 is 35.0 Å². The summed E-state index contributed by atoms with van der Waals surface area (Å²) in [5.41, 5.74) is 1.04. The van der Waals surface area contributed by atoms with Gasteiger partial charge in [-0.15, -0.1) is 0 Å². The van der Waals surface area contributed by atoms with Crippen molar-refractivity contribution < 1.29 is 19.1 Å². The maximum atomic E-state index is 14.2. The third-order valence-electron chi connectivity index (χ3n) is 9.47. The molecule has 40 heavy (non-hydrogen) atoms. The second kappa shape index (κ2) is 10.3. The number of pyridine rings is 1. The van der Waals surface area contributed by atoms with E-state index in [9.17, 15) is 14.4 Å². The molecule has 9 heteroatoms. The van der Waals surface area contributed by atoms with Crippen LogP contribution in [0.5, 0.6) is 0 Å². The number of nitrogens with one attached hydrogen (secondary N) is 2. The van der Waals surface area contributed by atoms with Crippen molar-refractivity contribution in [3.63, 3.8) is 0 Å². The van der Waals surface area contributed by atoms with Gasteiger partial charge in [0.15, 0.2) is 0 Å². The highest BCUT2D eigenvalue weighted by atomic mass is 35.5. The van der Waals surface area contributed by atoms with Crippen LogP contribution in [0.4, 0.5) is 5.69 Å². The SMILES string of the molecule is Cc1ccc(NC(=O)C2[C@H]3C=CC4(O3)C(C(=O)NC3CCCC(C)C3C)N(Cc3cccnc3)C(=O)[C@@H]24)cc1Cl. The molecule has 1 aliphatic carbocycles. The molecule has 1 aromatic carbocycles. The molecule has 0 radical (unpaired) electrons. The van der Waals surface area contributed by atoms with Gasteiger partial charge in [0, 0.05) is 35.7 Å². The molecule has 4 aliphatic rings. The van der Waals surface area contributed by atoms with Gasteiger partial charge in [-0.3, -0.25) is 19.4 Å². The number of halogens is 1. The number of likely N-dealkylation sites (tertiary alicyclic amines) is 1. The average molecular weight is 563 g/mol. The van der Waals surface area contributed by atoms with Crippen LogP contribution in [-0.2, 0) is 25.7 Å². The number of benzene rings is 1. The fraction of sp³-hybridized carbons (Fsp3) is 0.484. The molecule has 8 nitrogen and oxygen atoms in total. The molecule has 4 heterocycles. The van der Waals surface area contributed by atoms with E-state index in [0.717, 1.165) is 30.4 Å². The van der Waals surface area contributed by atoms with Crippen LogP contribution < -0.4 is 10.6 Å². The fourth-order valence-corrected chi connectivity index (χ4v) is 7.25. The second-order valence-corrected chi connectivity index (χ2v) is 12.3. The number of hydrogen-bond acceptors (Lipinski definition) is 5. The molecule has 3 amide bonds. The highest BCUT2D eigenvalue weighted by Crippen LogP contribution is 2.55. The first-order chi connectivity index (χ1) is 19.2. The van der Waals surface area contributed by atoms with Crippen LogP contribution in [0.1, 0.15) is 44.2 Å². The van der Waals surface area contributed by atoms with E-state index in [1.165, 1.54) is 0 Å². The second-order valence-electron chi connectivity index (χ2n) is 11.9. The number of fused-ring (bicyclic) bond motifs is 1. The molecule has 6 unspecified atom stereocenters. The van der Waals surface area contributed by atoms with Gasteiger partial charge < -0.3 is 20.3 Å². The summed E-state index contributed by atoms with van der Waals surface area (Å²) in [4.78, 5) is 47.8. The monoisotopic (exact) mass is 562 g/mol. The Morgan fingerprint density at radius 1 is 1.20 bits per heavy atom. The molecule has 2 bridgehead atoms. The summed E-state index contributed by atoms with van der Waals surface area (Å²) in [5.74, 6) is -1.59. The number of anilines is 1. The van der Waals surface area contributed by atoms with Crippen molar-refractivity contribution in [2.75, 3.05) is 5.32 Å². The lowest BCUT2D eigenvalue weighted by Gasteiger charge is -2.38. The van der Waals surface area contributed by atoms with Gasteiger partial charge in [-0.2, -0.15) is 0 Å². The molecule has 8 atom stereocenters. The van der Waals surface area contributed by atoms with Crippen molar-refractivity contribution in [3.05, 3.63) is 71.0 Å². The van der Waals surface area contributed by atoms with Crippen LogP contribution in [0.2, 0.25) is 5.02 Å². The molecule has 210 valence electrons. The molecule has 6 rings (SSSR count). The Morgan fingerprint density at radius 3 is 2.77 bits per heavy atom. The van der Waals surface area contributed by atoms with Gasteiger partial charge in [-0.05, 0) is 54.5 Å². The van der Waals surface area contributed by atoms with Crippen LogP contribution >= 0.6 is 11.6 Å². The smallest absolute Gasteiger partial charge is 0.246 e. The first-order valence-corrected chi connectivity index (χ1v) is 14.5. The molecule has 2 saturated heterocycles. The summed E-state index contributed by atoms with van der Waals surface area (Å²) in [5, 5.41) is 6.76. The fourth-order valence-electron chi connectivity index (χ4n) is 7.07. The Morgan fingerprint density at radius 2 is 2.02 bits per heavy atom. The minimum absolute atomic E-state index is 0.0232. The average Bonchev–Trinajstić information content (AvgIpc) is 3.57. The van der Waals surface area contributed by atoms with E-state index >= 15 is 0 Å². The van der Waals surface area contributed by atoms with E-state index in [1.54, 1.807) is 35.5 Å². The number of carbonyl (C=O) groups excluding carboxylic acids is 3. The lowest BCUT2D eigenvalue weighted by atomic mass is 9.73. The molecule has 3 aliphatic heterocycles. The molecular formula is C31H35ClN4O4. The molecule has 1 aromatic heterocycles. The van der Waals surface area contributed by atoms with E-state index < -0.39 is 29.6 Å². The molecule has 2 aromatic rings. The first kappa shape index (κ1) is 27.0. The molecule has 3 fully saturated rings. The van der Waals surface area contributed by atoms with Crippen molar-refractivity contribution in [2.45, 2.75) is 70.4 Å². The lowest BCUT2D eigenvalue weighted by molar-refractivity contribution is -0.142. The van der Waals surface area contributed by atoms with Gasteiger partial charge >= 0.3 is 0 Å². The number of hydrogen-bond donors (Lipinski definition) is 2. The highest BCUT2D eigenvalue weighted by Gasteiger charge is 2.72. The summed E-state index contributed by atoms with van der Waals surface area (Å²) in [7, 11) is 0. The zero-order valence-electron chi connectivity index (χ0n) is 23.0. The summed E-state index contributed by atoms with van der Waals surface area (Å²) in [6, 6.07) is 8.12. The topological polar surface area (TPSA) is 101 Å². The summed E-state index contributed by atoms with van der Waals surface area (Å²) in [6.07, 6.45) is 9.53. The van der Waals surface area contributed by atoms with Crippen LogP contribution in [0.25, 0.3) is 0 Å². The van der Waals surface area contributed by atoms with Gasteiger partial charge in [-0.1, -0.05) is 62.6 Å². The lowest BCUT2D eigenvalue weighted by Crippen LogP contribution is -2.57. The van der Waals surface area contributed by atoms with Crippen molar-refractivity contribution in [3.8, 4) is 0 Å². The Balaban J connectivity index is 1.32. The standard InChI is InChI=1S/C31H35ClN4O4/c1-17-6-4-8-23(19(17)3)35-29(38)27-31-12-11-24(40-31)25(28(37)34-21-10-9-18(2)22(32)14-21)26(31)30(39)36(27)16-20-7-5-13-33-15-20/h5,7,9-15,17,19,23-27H,4,6,8,16H2,1-3H3,(H,34,37)(H,35,38)/t17?,19?,23?,24-,25?,26-,27?,31?/m1/s1. The first-order valence-electron chi connectivity index (χ1n) is 14.1. The van der Waals surface area contributed by atoms with Gasteiger partial charge in [0.1, 0.15) is 11.6 Å². The maximum absolute atomic E-state index is 14.2. The Kier molecular flexibility index (Phi) is 6.95. The Bertz CT molecular complexity index is 1370. The van der Waals surface area contributed by atoms with Crippen molar-refractivity contribution in [1.82, 2.24) is 15.2 Å². The van der Waals surface area contributed by atoms with Gasteiger partial charge in [-0.25, -0.2) is 0 Å². The minimum Gasteiger partial charge on any atom is -0.359 e. The van der Waals surface area contributed by atoms with E-state index in [4.69, 9.17) is 16.3 Å². The zero-order chi connectivity index (χ0) is 28.2. The van der Waals surface area contributed by atoms with Crippen LogP contribution in [0.3, 0.4) is 0 Å². The van der Waals surface area contributed by atoms with Crippen molar-refractivity contribution in [2.24, 2.45) is 23.7 Å². The normalized spacial score (nSPS) is 34.1. The highest BCUT2D eigenvalue weighted by molar-refractivity contribution is 6.31. The molecular weight excluding hydrogens is 528 g/mol. The van der Waals surface area contributed by atoms with Gasteiger partial charge in [0.25, 0.3) is 0 Å². The summed E-state index contributed by atoms with van der Waals surface area (Å²) >= 11 is 6.28. The Labute approximate surface area is 239 Å². The van der Waals surface area contributed by atoms with E-state index in [0.29, 0.717) is 22.5 Å². The number of nitrogens with zero attached hydrogens (tertiary/aromatic N) is 2. The number of ether oxygens (including phenoxy) is 1. The number of rotatable bonds is 6.